The summed E-state index contributed by atoms with van der Waals surface area (Å²) in [7, 11) is 5.02. The van der Waals surface area contributed by atoms with Crippen molar-refractivity contribution in [3.05, 3.63) is 62.0 Å². The maximum Gasteiger partial charge on any atom is 0.332 e. The number of hydrogen-bond acceptors (Lipinski definition) is 4. The van der Waals surface area contributed by atoms with Gasteiger partial charge in [0.1, 0.15) is 11.6 Å². The number of fused-ring (bicyclic) bond motifs is 1. The second kappa shape index (κ2) is 6.20. The predicted molar refractivity (Wildman–Crippen MR) is 94.9 cm³/mol. The summed E-state index contributed by atoms with van der Waals surface area (Å²) < 4.78 is 8.29. The van der Waals surface area contributed by atoms with Crippen LogP contribution in [0.2, 0.25) is 5.02 Å². The molecule has 2 aromatic rings. The first-order valence-electron chi connectivity index (χ1n) is 7.53. The molecule has 126 valence electrons. The van der Waals surface area contributed by atoms with Crippen LogP contribution in [0.25, 0.3) is 5.57 Å². The summed E-state index contributed by atoms with van der Waals surface area (Å²) in [6.07, 6.45) is 2.24. The van der Waals surface area contributed by atoms with Crippen molar-refractivity contribution in [2.45, 2.75) is 6.42 Å². The highest BCUT2D eigenvalue weighted by Gasteiger charge is 2.26. The van der Waals surface area contributed by atoms with Gasteiger partial charge in [-0.15, -0.1) is 0 Å². The molecule has 0 aliphatic carbocycles. The van der Waals surface area contributed by atoms with Gasteiger partial charge in [0.15, 0.2) is 0 Å². The molecule has 2 heterocycles. The Morgan fingerprint density at radius 2 is 1.75 bits per heavy atom. The van der Waals surface area contributed by atoms with E-state index in [1.807, 2.05) is 11.9 Å². The topological polar surface area (TPSA) is 56.5 Å². The van der Waals surface area contributed by atoms with Crippen molar-refractivity contribution in [3.63, 3.8) is 0 Å². The van der Waals surface area contributed by atoms with Crippen LogP contribution in [-0.4, -0.2) is 22.7 Å². The van der Waals surface area contributed by atoms with Gasteiger partial charge < -0.3 is 9.64 Å². The van der Waals surface area contributed by atoms with Crippen molar-refractivity contribution in [1.82, 2.24) is 9.13 Å². The molecule has 3 rings (SSSR count). The van der Waals surface area contributed by atoms with Gasteiger partial charge in [0.25, 0.3) is 5.56 Å². The molecule has 0 fully saturated rings. The van der Waals surface area contributed by atoms with Crippen LogP contribution in [-0.2, 0) is 14.1 Å². The number of halogens is 1. The molecule has 6 nitrogen and oxygen atoms in total. The first-order valence-corrected chi connectivity index (χ1v) is 7.90. The lowest BCUT2D eigenvalue weighted by atomic mass is 10.0. The Morgan fingerprint density at radius 1 is 1.08 bits per heavy atom. The molecule has 0 spiro atoms. The Bertz CT molecular complexity index is 926. The van der Waals surface area contributed by atoms with Crippen molar-refractivity contribution in [1.29, 1.82) is 0 Å². The maximum absolute atomic E-state index is 12.6. The summed E-state index contributed by atoms with van der Waals surface area (Å²) in [6.45, 7) is 0.698. The molecule has 0 amide bonds. The molecule has 0 bridgehead atoms. The third kappa shape index (κ3) is 2.73. The number of ether oxygens (including phenoxy) is 1. The van der Waals surface area contributed by atoms with Crippen molar-refractivity contribution < 1.29 is 4.74 Å². The van der Waals surface area contributed by atoms with Gasteiger partial charge in [0, 0.05) is 38.3 Å². The van der Waals surface area contributed by atoms with E-state index in [1.165, 1.54) is 11.6 Å². The van der Waals surface area contributed by atoms with Crippen LogP contribution in [0, 0.1) is 0 Å². The van der Waals surface area contributed by atoms with E-state index in [9.17, 15) is 9.59 Å². The fraction of sp³-hybridized carbons (Fsp3) is 0.294. The minimum Gasteiger partial charge on any atom is -0.465 e. The zero-order valence-electron chi connectivity index (χ0n) is 13.7. The number of aromatic nitrogens is 2. The largest absolute Gasteiger partial charge is 0.465 e. The standard InChI is InChI=1S/C17H18ClN3O3/c1-19-9-8-11(10-24-13-6-4-12(18)5-7-13)14-15(19)20(2)17(23)21(3)16(14)22/h4-7,10H,8-9H2,1-3H3/b11-10+. The zero-order valence-corrected chi connectivity index (χ0v) is 14.5. The molecule has 7 heteroatoms. The molecule has 1 aliphatic rings. The summed E-state index contributed by atoms with van der Waals surface area (Å²) >= 11 is 5.86. The highest BCUT2D eigenvalue weighted by atomic mass is 35.5. The van der Waals surface area contributed by atoms with E-state index in [1.54, 1.807) is 37.6 Å². The lowest BCUT2D eigenvalue weighted by Gasteiger charge is -2.30. The van der Waals surface area contributed by atoms with E-state index in [-0.39, 0.29) is 11.2 Å². The summed E-state index contributed by atoms with van der Waals surface area (Å²) in [5.74, 6) is 1.24. The Balaban J connectivity index is 2.09. The molecule has 1 aromatic carbocycles. The van der Waals surface area contributed by atoms with E-state index in [0.29, 0.717) is 35.1 Å². The van der Waals surface area contributed by atoms with Gasteiger partial charge in [-0.1, -0.05) is 11.6 Å². The second-order valence-electron chi connectivity index (χ2n) is 5.79. The van der Waals surface area contributed by atoms with Gasteiger partial charge in [-0.3, -0.25) is 13.9 Å². The molecule has 0 N–H and O–H groups in total. The van der Waals surface area contributed by atoms with Gasteiger partial charge in [0.05, 0.1) is 11.8 Å². The molecule has 1 aromatic heterocycles. The van der Waals surface area contributed by atoms with Crippen LogP contribution in [0.5, 0.6) is 5.75 Å². The molecule has 0 unspecified atom stereocenters. The van der Waals surface area contributed by atoms with Crippen molar-refractivity contribution in [3.8, 4) is 5.75 Å². The summed E-state index contributed by atoms with van der Waals surface area (Å²) in [5, 5.41) is 0.628. The molecule has 0 atom stereocenters. The van der Waals surface area contributed by atoms with Crippen LogP contribution >= 0.6 is 11.6 Å². The number of nitrogens with zero attached hydrogens (tertiary/aromatic N) is 3. The van der Waals surface area contributed by atoms with Crippen LogP contribution < -0.4 is 20.9 Å². The van der Waals surface area contributed by atoms with Crippen molar-refractivity contribution in [2.24, 2.45) is 14.1 Å². The van der Waals surface area contributed by atoms with Crippen LogP contribution in [0.3, 0.4) is 0 Å². The molecule has 0 saturated carbocycles. The zero-order chi connectivity index (χ0) is 17.4. The highest BCUT2D eigenvalue weighted by molar-refractivity contribution is 6.30. The van der Waals surface area contributed by atoms with E-state index < -0.39 is 0 Å². The van der Waals surface area contributed by atoms with Crippen LogP contribution in [0.15, 0.2) is 40.1 Å². The van der Waals surface area contributed by atoms with E-state index in [0.717, 1.165) is 10.1 Å². The summed E-state index contributed by atoms with van der Waals surface area (Å²) in [6, 6.07) is 6.99. The van der Waals surface area contributed by atoms with Gasteiger partial charge >= 0.3 is 5.69 Å². The lowest BCUT2D eigenvalue weighted by molar-refractivity contribution is 0.480. The average Bonchev–Trinajstić information content (AvgIpc) is 2.58. The smallest absolute Gasteiger partial charge is 0.332 e. The predicted octanol–water partition coefficient (Wildman–Crippen LogP) is 2.00. The fourth-order valence-corrected chi connectivity index (χ4v) is 2.98. The van der Waals surface area contributed by atoms with Crippen LogP contribution in [0.4, 0.5) is 5.82 Å². The average molecular weight is 348 g/mol. The molecule has 0 radical (unpaired) electrons. The number of anilines is 1. The normalized spacial score (nSPS) is 15.5. The SMILES string of the molecule is CN1CC/C(=C\Oc2ccc(Cl)cc2)c2c1n(C)c(=O)n(C)c2=O. The minimum atomic E-state index is -0.342. The van der Waals surface area contributed by atoms with Crippen molar-refractivity contribution in [2.75, 3.05) is 18.5 Å². The molecule has 24 heavy (non-hydrogen) atoms. The van der Waals surface area contributed by atoms with Crippen molar-refractivity contribution >= 4 is 23.0 Å². The molecule has 0 saturated heterocycles. The number of rotatable bonds is 2. The monoisotopic (exact) mass is 347 g/mol. The molecule has 1 aliphatic heterocycles. The Labute approximate surface area is 144 Å². The Hall–Kier alpha value is -2.47. The fourth-order valence-electron chi connectivity index (χ4n) is 2.85. The van der Waals surface area contributed by atoms with Crippen LogP contribution in [0.1, 0.15) is 12.0 Å². The molecular formula is C17H18ClN3O3. The third-order valence-corrected chi connectivity index (χ3v) is 4.44. The van der Waals surface area contributed by atoms with Gasteiger partial charge in [0.2, 0.25) is 0 Å². The second-order valence-corrected chi connectivity index (χ2v) is 6.23. The quantitative estimate of drug-likeness (QED) is 0.780. The first-order chi connectivity index (χ1) is 11.4. The maximum atomic E-state index is 12.6. The van der Waals surface area contributed by atoms with E-state index >= 15 is 0 Å². The lowest BCUT2D eigenvalue weighted by Crippen LogP contribution is -2.44. The Morgan fingerprint density at radius 3 is 2.42 bits per heavy atom. The molecular weight excluding hydrogens is 330 g/mol. The highest BCUT2D eigenvalue weighted by Crippen LogP contribution is 2.30. The number of benzene rings is 1. The summed E-state index contributed by atoms with van der Waals surface area (Å²) in [4.78, 5) is 26.7. The minimum absolute atomic E-state index is 0.314. The van der Waals surface area contributed by atoms with E-state index in [2.05, 4.69) is 0 Å². The van der Waals surface area contributed by atoms with E-state index in [4.69, 9.17) is 16.3 Å². The summed E-state index contributed by atoms with van der Waals surface area (Å²) in [5.41, 5.74) is 0.618. The third-order valence-electron chi connectivity index (χ3n) is 4.18. The van der Waals surface area contributed by atoms with Gasteiger partial charge in [-0.25, -0.2) is 4.79 Å². The van der Waals surface area contributed by atoms with Gasteiger partial charge in [-0.05, 0) is 30.7 Å². The Kier molecular flexibility index (Phi) is 4.24. The van der Waals surface area contributed by atoms with Gasteiger partial charge in [-0.2, -0.15) is 0 Å². The number of hydrogen-bond donors (Lipinski definition) is 0. The first kappa shape index (κ1) is 16.4.